The van der Waals surface area contributed by atoms with Gasteiger partial charge in [-0.1, -0.05) is 12.1 Å². The zero-order valence-corrected chi connectivity index (χ0v) is 14.9. The summed E-state index contributed by atoms with van der Waals surface area (Å²) in [4.78, 5) is 11.9. The Bertz CT molecular complexity index is 864. The van der Waals surface area contributed by atoms with E-state index in [2.05, 4.69) is 15.4 Å². The Morgan fingerprint density at radius 2 is 1.73 bits per heavy atom. The van der Waals surface area contributed by atoms with Crippen LogP contribution in [0.25, 0.3) is 0 Å². The van der Waals surface area contributed by atoms with Crippen LogP contribution in [-0.4, -0.2) is 34.0 Å². The molecule has 0 saturated carbocycles. The Balaban J connectivity index is 1.56. The van der Waals surface area contributed by atoms with E-state index in [0.717, 1.165) is 30.8 Å². The number of nitrogens with one attached hydrogen (secondary N) is 3. The largest absolute Gasteiger partial charge is 0.355 e. The van der Waals surface area contributed by atoms with Gasteiger partial charge < -0.3 is 10.6 Å². The van der Waals surface area contributed by atoms with Crippen LogP contribution in [0.5, 0.6) is 0 Å². The molecule has 2 aromatic rings. The second kappa shape index (κ2) is 7.84. The SMILES string of the molecule is O=C(Cc1ccc(NS(=O)(=O)c2ccc(F)cc2)cc1)NCC1CNC1. The van der Waals surface area contributed by atoms with E-state index in [4.69, 9.17) is 0 Å². The quantitative estimate of drug-likeness (QED) is 0.683. The Hall–Kier alpha value is -2.45. The van der Waals surface area contributed by atoms with Gasteiger partial charge in [-0.05, 0) is 42.0 Å². The molecule has 1 aliphatic rings. The zero-order valence-electron chi connectivity index (χ0n) is 14.0. The first-order chi connectivity index (χ1) is 12.4. The van der Waals surface area contributed by atoms with Crippen LogP contribution in [0.3, 0.4) is 0 Å². The first-order valence-electron chi connectivity index (χ1n) is 8.27. The smallest absolute Gasteiger partial charge is 0.261 e. The summed E-state index contributed by atoms with van der Waals surface area (Å²) < 4.78 is 39.9. The zero-order chi connectivity index (χ0) is 18.6. The van der Waals surface area contributed by atoms with Crippen molar-refractivity contribution in [2.45, 2.75) is 11.3 Å². The topological polar surface area (TPSA) is 87.3 Å². The van der Waals surface area contributed by atoms with E-state index in [1.165, 1.54) is 12.1 Å². The first-order valence-corrected chi connectivity index (χ1v) is 9.75. The first kappa shape index (κ1) is 18.3. The highest BCUT2D eigenvalue weighted by atomic mass is 32.2. The van der Waals surface area contributed by atoms with E-state index < -0.39 is 15.8 Å². The lowest BCUT2D eigenvalue weighted by Crippen LogP contribution is -2.48. The highest BCUT2D eigenvalue weighted by molar-refractivity contribution is 7.92. The maximum atomic E-state index is 12.9. The van der Waals surface area contributed by atoms with Gasteiger partial charge in [-0.15, -0.1) is 0 Å². The van der Waals surface area contributed by atoms with Crippen LogP contribution < -0.4 is 15.4 Å². The monoisotopic (exact) mass is 377 g/mol. The van der Waals surface area contributed by atoms with Crippen LogP contribution in [0.4, 0.5) is 10.1 Å². The molecule has 0 spiro atoms. The number of carbonyl (C=O) groups is 1. The van der Waals surface area contributed by atoms with E-state index in [1.807, 2.05) is 0 Å². The van der Waals surface area contributed by atoms with Crippen molar-refractivity contribution >= 4 is 21.6 Å². The molecule has 1 saturated heterocycles. The number of anilines is 1. The van der Waals surface area contributed by atoms with Gasteiger partial charge in [0.05, 0.1) is 11.3 Å². The molecule has 1 fully saturated rings. The van der Waals surface area contributed by atoms with Crippen molar-refractivity contribution in [3.63, 3.8) is 0 Å². The number of sulfonamides is 1. The maximum absolute atomic E-state index is 12.9. The Kier molecular flexibility index (Phi) is 5.53. The fourth-order valence-electron chi connectivity index (χ4n) is 2.52. The van der Waals surface area contributed by atoms with Crippen LogP contribution in [0.1, 0.15) is 5.56 Å². The molecule has 1 amide bonds. The normalized spacial score (nSPS) is 14.5. The summed E-state index contributed by atoms with van der Waals surface area (Å²) in [5, 5.41) is 6.04. The summed E-state index contributed by atoms with van der Waals surface area (Å²) in [6.07, 6.45) is 0.241. The van der Waals surface area contributed by atoms with E-state index in [0.29, 0.717) is 18.2 Å². The second-order valence-corrected chi connectivity index (χ2v) is 7.94. The summed E-state index contributed by atoms with van der Waals surface area (Å²) >= 11 is 0. The van der Waals surface area contributed by atoms with E-state index in [-0.39, 0.29) is 17.2 Å². The van der Waals surface area contributed by atoms with Crippen LogP contribution in [0, 0.1) is 11.7 Å². The molecule has 8 heteroatoms. The minimum Gasteiger partial charge on any atom is -0.355 e. The fraction of sp³-hybridized carbons (Fsp3) is 0.278. The second-order valence-electron chi connectivity index (χ2n) is 6.26. The van der Waals surface area contributed by atoms with Crippen LogP contribution in [0.15, 0.2) is 53.4 Å². The van der Waals surface area contributed by atoms with Crippen molar-refractivity contribution in [1.82, 2.24) is 10.6 Å². The van der Waals surface area contributed by atoms with Gasteiger partial charge in [0.1, 0.15) is 5.82 Å². The Morgan fingerprint density at radius 3 is 2.31 bits per heavy atom. The number of rotatable bonds is 7. The number of hydrogen-bond donors (Lipinski definition) is 3. The fourth-order valence-corrected chi connectivity index (χ4v) is 3.58. The summed E-state index contributed by atoms with van der Waals surface area (Å²) in [5.41, 5.74) is 1.16. The Morgan fingerprint density at radius 1 is 1.08 bits per heavy atom. The van der Waals surface area contributed by atoms with Gasteiger partial charge in [-0.2, -0.15) is 0 Å². The van der Waals surface area contributed by atoms with E-state index in [1.54, 1.807) is 24.3 Å². The molecule has 2 aromatic carbocycles. The van der Waals surface area contributed by atoms with Gasteiger partial charge in [0, 0.05) is 31.2 Å². The lowest BCUT2D eigenvalue weighted by atomic mass is 10.0. The van der Waals surface area contributed by atoms with E-state index in [9.17, 15) is 17.6 Å². The van der Waals surface area contributed by atoms with Crippen molar-refractivity contribution in [2.24, 2.45) is 5.92 Å². The third kappa shape index (κ3) is 4.80. The van der Waals surface area contributed by atoms with Crippen molar-refractivity contribution in [3.8, 4) is 0 Å². The number of halogens is 1. The molecule has 6 nitrogen and oxygen atoms in total. The summed E-state index contributed by atoms with van der Waals surface area (Å²) in [7, 11) is -3.78. The van der Waals surface area contributed by atoms with Crippen LogP contribution in [-0.2, 0) is 21.2 Å². The maximum Gasteiger partial charge on any atom is 0.261 e. The molecule has 0 radical (unpaired) electrons. The number of benzene rings is 2. The average Bonchev–Trinajstić information content (AvgIpc) is 2.55. The molecular weight excluding hydrogens is 357 g/mol. The number of hydrogen-bond acceptors (Lipinski definition) is 4. The standard InChI is InChI=1S/C18H20FN3O3S/c19-15-3-7-17(8-4-15)26(24,25)22-16-5-1-13(2-6-16)9-18(23)21-12-14-10-20-11-14/h1-8,14,20,22H,9-12H2,(H,21,23). The van der Waals surface area contributed by atoms with Crippen molar-refractivity contribution in [3.05, 3.63) is 59.9 Å². The average molecular weight is 377 g/mol. The third-order valence-corrected chi connectivity index (χ3v) is 5.55. The lowest BCUT2D eigenvalue weighted by molar-refractivity contribution is -0.120. The highest BCUT2D eigenvalue weighted by Crippen LogP contribution is 2.17. The minimum absolute atomic E-state index is 0.0205. The molecule has 138 valence electrons. The summed E-state index contributed by atoms with van der Waals surface area (Å²) in [6.45, 7) is 2.54. The Labute approximate surface area is 151 Å². The molecule has 3 rings (SSSR count). The molecule has 0 aromatic heterocycles. The van der Waals surface area contributed by atoms with Crippen molar-refractivity contribution in [2.75, 3.05) is 24.4 Å². The van der Waals surface area contributed by atoms with Crippen LogP contribution in [0.2, 0.25) is 0 Å². The van der Waals surface area contributed by atoms with Crippen molar-refractivity contribution < 1.29 is 17.6 Å². The molecule has 26 heavy (non-hydrogen) atoms. The molecule has 0 atom stereocenters. The molecular formula is C18H20FN3O3S. The summed E-state index contributed by atoms with van der Waals surface area (Å²) in [6, 6.07) is 11.2. The molecule has 0 unspecified atom stereocenters. The van der Waals surface area contributed by atoms with Gasteiger partial charge >= 0.3 is 0 Å². The molecule has 3 N–H and O–H groups in total. The van der Waals surface area contributed by atoms with Gasteiger partial charge in [-0.25, -0.2) is 12.8 Å². The van der Waals surface area contributed by atoms with E-state index >= 15 is 0 Å². The predicted molar refractivity (Wildman–Crippen MR) is 96.7 cm³/mol. The molecule has 0 aliphatic carbocycles. The number of amides is 1. The molecule has 1 aliphatic heterocycles. The minimum atomic E-state index is -3.78. The predicted octanol–water partition coefficient (Wildman–Crippen LogP) is 1.50. The van der Waals surface area contributed by atoms with Gasteiger partial charge in [0.15, 0.2) is 0 Å². The van der Waals surface area contributed by atoms with Gasteiger partial charge in [0.2, 0.25) is 5.91 Å². The third-order valence-electron chi connectivity index (χ3n) is 4.15. The number of carbonyl (C=O) groups excluding carboxylic acids is 1. The lowest BCUT2D eigenvalue weighted by Gasteiger charge is -2.27. The van der Waals surface area contributed by atoms with Gasteiger partial charge in [0.25, 0.3) is 10.0 Å². The molecule has 0 bridgehead atoms. The molecule has 1 heterocycles. The van der Waals surface area contributed by atoms with Crippen LogP contribution >= 0.6 is 0 Å². The highest BCUT2D eigenvalue weighted by Gasteiger charge is 2.17. The van der Waals surface area contributed by atoms with Crippen molar-refractivity contribution in [1.29, 1.82) is 0 Å². The van der Waals surface area contributed by atoms with Gasteiger partial charge in [-0.3, -0.25) is 9.52 Å². The summed E-state index contributed by atoms with van der Waals surface area (Å²) in [5.74, 6) is -0.0566.